The van der Waals surface area contributed by atoms with E-state index in [0.717, 1.165) is 0 Å². The summed E-state index contributed by atoms with van der Waals surface area (Å²) in [6, 6.07) is 10.1. The van der Waals surface area contributed by atoms with Crippen molar-refractivity contribution in [1.29, 1.82) is 0 Å². The zero-order valence-corrected chi connectivity index (χ0v) is 12.8. The van der Waals surface area contributed by atoms with Crippen LogP contribution in [0.15, 0.2) is 36.4 Å². The fourth-order valence-electron chi connectivity index (χ4n) is 2.30. The highest BCUT2D eigenvalue weighted by molar-refractivity contribution is 6.55. The van der Waals surface area contributed by atoms with Crippen LogP contribution in [0.1, 0.15) is 15.9 Å². The summed E-state index contributed by atoms with van der Waals surface area (Å²) in [6.07, 6.45) is 0. The van der Waals surface area contributed by atoms with Gasteiger partial charge in [0, 0.05) is 0 Å². The van der Waals surface area contributed by atoms with Gasteiger partial charge in [-0.2, -0.15) is 0 Å². The van der Waals surface area contributed by atoms with Gasteiger partial charge < -0.3 is 4.90 Å². The Morgan fingerprint density at radius 3 is 2.33 bits per heavy atom. The van der Waals surface area contributed by atoms with Gasteiger partial charge in [0.15, 0.2) is 0 Å². The van der Waals surface area contributed by atoms with Crippen LogP contribution in [0, 0.1) is 0 Å². The molecule has 0 radical (unpaired) electrons. The number of rotatable bonds is 2. The normalized spacial score (nSPS) is 13.8. The second-order valence-corrected chi connectivity index (χ2v) is 5.76. The van der Waals surface area contributed by atoms with Crippen LogP contribution in [0.2, 0.25) is 15.1 Å². The van der Waals surface area contributed by atoms with Crippen molar-refractivity contribution >= 4 is 52.2 Å². The van der Waals surface area contributed by atoms with Crippen molar-refractivity contribution in [2.75, 3.05) is 4.90 Å². The van der Waals surface area contributed by atoms with Crippen molar-refractivity contribution in [3.63, 3.8) is 0 Å². The molecule has 106 valence electrons. The fraction of sp³-hybridized carbons (Fsp3) is 0.0667. The van der Waals surface area contributed by atoms with E-state index in [4.69, 9.17) is 34.8 Å². The van der Waals surface area contributed by atoms with Gasteiger partial charge in [0.2, 0.25) is 0 Å². The lowest BCUT2D eigenvalue weighted by atomic mass is 10.1. The number of fused-ring (bicyclic) bond motifs is 1. The number of amides is 1. The molecular formula is C15H8Cl3NO2. The Balaban J connectivity index is 2.05. The molecule has 0 N–H and O–H groups in total. The maximum Gasteiger partial charge on any atom is 0.299 e. The van der Waals surface area contributed by atoms with Crippen molar-refractivity contribution < 1.29 is 9.59 Å². The number of carbonyl (C=O) groups excluding carboxylic acids is 2. The summed E-state index contributed by atoms with van der Waals surface area (Å²) in [5.41, 5.74) is 1.40. The topological polar surface area (TPSA) is 37.4 Å². The summed E-state index contributed by atoms with van der Waals surface area (Å²) in [5, 5.41) is 1.04. The zero-order valence-electron chi connectivity index (χ0n) is 10.6. The predicted octanol–water partition coefficient (Wildman–Crippen LogP) is 4.38. The number of benzene rings is 2. The molecule has 1 amide bonds. The summed E-state index contributed by atoms with van der Waals surface area (Å²) in [7, 11) is 0. The van der Waals surface area contributed by atoms with E-state index in [1.54, 1.807) is 36.4 Å². The highest BCUT2D eigenvalue weighted by Crippen LogP contribution is 2.36. The van der Waals surface area contributed by atoms with Crippen molar-refractivity contribution in [2.24, 2.45) is 0 Å². The van der Waals surface area contributed by atoms with Crippen LogP contribution in [0.5, 0.6) is 0 Å². The fourth-order valence-corrected chi connectivity index (χ4v) is 2.93. The SMILES string of the molecule is O=C1C(=O)N(Cc2cccc(Cl)c2Cl)c2cccc(Cl)c21. The predicted molar refractivity (Wildman–Crippen MR) is 83.4 cm³/mol. The van der Waals surface area contributed by atoms with Crippen LogP contribution < -0.4 is 4.90 Å². The number of carbonyl (C=O) groups is 2. The second kappa shape index (κ2) is 5.34. The number of Topliss-reactive ketones (excluding diaryl/α,β-unsaturated/α-hetero) is 1. The molecule has 2 aromatic rings. The number of nitrogens with zero attached hydrogens (tertiary/aromatic N) is 1. The average molecular weight is 341 g/mol. The first-order valence-electron chi connectivity index (χ1n) is 6.08. The minimum absolute atomic E-state index is 0.164. The number of ketones is 1. The first-order chi connectivity index (χ1) is 10.0. The molecule has 0 spiro atoms. The Labute approximate surface area is 136 Å². The van der Waals surface area contributed by atoms with Gasteiger partial charge in [-0.05, 0) is 23.8 Å². The van der Waals surface area contributed by atoms with Crippen molar-refractivity contribution in [3.05, 3.63) is 62.6 Å². The van der Waals surface area contributed by atoms with Gasteiger partial charge in [0.1, 0.15) is 0 Å². The van der Waals surface area contributed by atoms with E-state index in [-0.39, 0.29) is 17.1 Å². The maximum absolute atomic E-state index is 12.2. The third-order valence-corrected chi connectivity index (χ3v) is 4.48. The quantitative estimate of drug-likeness (QED) is 0.761. The first-order valence-corrected chi connectivity index (χ1v) is 7.21. The monoisotopic (exact) mass is 339 g/mol. The van der Waals surface area contributed by atoms with Crippen LogP contribution in [0.25, 0.3) is 0 Å². The summed E-state index contributed by atoms with van der Waals surface area (Å²) >= 11 is 18.1. The number of hydrogen-bond donors (Lipinski definition) is 0. The zero-order chi connectivity index (χ0) is 15.1. The second-order valence-electron chi connectivity index (χ2n) is 4.57. The molecule has 0 aromatic heterocycles. The van der Waals surface area contributed by atoms with Gasteiger partial charge in [0.25, 0.3) is 11.7 Å². The van der Waals surface area contributed by atoms with Crippen molar-refractivity contribution in [3.8, 4) is 0 Å². The molecule has 6 heteroatoms. The number of anilines is 1. The molecule has 1 aliphatic rings. The van der Waals surface area contributed by atoms with Gasteiger partial charge in [-0.25, -0.2) is 0 Å². The van der Waals surface area contributed by atoms with Crippen LogP contribution in [0.3, 0.4) is 0 Å². The van der Waals surface area contributed by atoms with E-state index in [9.17, 15) is 9.59 Å². The minimum Gasteiger partial charge on any atom is -0.300 e. The smallest absolute Gasteiger partial charge is 0.299 e. The first kappa shape index (κ1) is 14.4. The standard InChI is InChI=1S/C15H8Cl3NO2/c16-9-4-2-6-11-12(9)14(20)15(21)19(11)7-8-3-1-5-10(17)13(8)18/h1-6H,7H2. The Morgan fingerprint density at radius 2 is 1.57 bits per heavy atom. The molecule has 0 atom stereocenters. The minimum atomic E-state index is -0.617. The molecule has 0 saturated carbocycles. The highest BCUT2D eigenvalue weighted by Gasteiger charge is 2.37. The van der Waals surface area contributed by atoms with E-state index in [2.05, 4.69) is 0 Å². The molecular weight excluding hydrogens is 333 g/mol. The van der Waals surface area contributed by atoms with E-state index in [1.807, 2.05) is 0 Å². The Bertz CT molecular complexity index is 774. The Kier molecular flexibility index (Phi) is 3.66. The summed E-state index contributed by atoms with van der Waals surface area (Å²) in [5.74, 6) is -1.22. The summed E-state index contributed by atoms with van der Waals surface area (Å²) in [6.45, 7) is 0.164. The largest absolute Gasteiger partial charge is 0.300 e. The average Bonchev–Trinajstić information content (AvgIpc) is 2.70. The molecule has 0 fully saturated rings. The molecule has 21 heavy (non-hydrogen) atoms. The van der Waals surface area contributed by atoms with E-state index >= 15 is 0 Å². The lowest BCUT2D eigenvalue weighted by Gasteiger charge is -2.17. The van der Waals surface area contributed by atoms with Crippen LogP contribution in [0.4, 0.5) is 5.69 Å². The van der Waals surface area contributed by atoms with Crippen LogP contribution in [-0.2, 0) is 11.3 Å². The molecule has 0 unspecified atom stereocenters. The maximum atomic E-state index is 12.2. The third-order valence-electron chi connectivity index (χ3n) is 3.31. The van der Waals surface area contributed by atoms with E-state index < -0.39 is 11.7 Å². The van der Waals surface area contributed by atoms with Crippen molar-refractivity contribution in [2.45, 2.75) is 6.54 Å². The van der Waals surface area contributed by atoms with E-state index in [0.29, 0.717) is 21.3 Å². The third kappa shape index (κ3) is 2.31. The summed E-state index contributed by atoms with van der Waals surface area (Å²) < 4.78 is 0. The van der Waals surface area contributed by atoms with Crippen molar-refractivity contribution in [1.82, 2.24) is 0 Å². The lowest BCUT2D eigenvalue weighted by molar-refractivity contribution is -0.114. The molecule has 0 bridgehead atoms. The molecule has 1 aliphatic heterocycles. The van der Waals surface area contributed by atoms with Crippen LogP contribution in [-0.4, -0.2) is 11.7 Å². The molecule has 0 saturated heterocycles. The molecule has 3 nitrogen and oxygen atoms in total. The van der Waals surface area contributed by atoms with Gasteiger partial charge in [-0.3, -0.25) is 9.59 Å². The molecule has 1 heterocycles. The van der Waals surface area contributed by atoms with Gasteiger partial charge in [0.05, 0.1) is 32.9 Å². The number of hydrogen-bond acceptors (Lipinski definition) is 2. The Morgan fingerprint density at radius 1 is 0.905 bits per heavy atom. The molecule has 0 aliphatic carbocycles. The number of halogens is 3. The van der Waals surface area contributed by atoms with E-state index in [1.165, 1.54) is 4.90 Å². The van der Waals surface area contributed by atoms with Crippen LogP contribution >= 0.6 is 34.8 Å². The highest BCUT2D eigenvalue weighted by atomic mass is 35.5. The Hall–Kier alpha value is -1.55. The van der Waals surface area contributed by atoms with Gasteiger partial charge in [-0.1, -0.05) is 53.0 Å². The molecule has 3 rings (SSSR count). The summed E-state index contributed by atoms with van der Waals surface area (Å²) in [4.78, 5) is 25.6. The van der Waals surface area contributed by atoms with Gasteiger partial charge >= 0.3 is 0 Å². The molecule has 2 aromatic carbocycles. The lowest BCUT2D eigenvalue weighted by Crippen LogP contribution is -2.29. The van der Waals surface area contributed by atoms with Gasteiger partial charge in [-0.15, -0.1) is 0 Å².